The molecule has 5 aromatic carbocycles. The van der Waals surface area contributed by atoms with Gasteiger partial charge in [-0.1, -0.05) is 117 Å². The van der Waals surface area contributed by atoms with Crippen LogP contribution >= 0.6 is 0 Å². The topological polar surface area (TPSA) is 44.2 Å². The largest absolute Gasteiger partial charge is 0.449 e. The van der Waals surface area contributed by atoms with Crippen LogP contribution in [0.25, 0.3) is 56.0 Å². The molecule has 9 rings (SSSR count). The average molecular weight is 607 g/mol. The van der Waals surface area contributed by atoms with Crippen LogP contribution in [-0.2, 0) is 5.41 Å². The van der Waals surface area contributed by atoms with E-state index in [0.29, 0.717) is 5.75 Å². The van der Waals surface area contributed by atoms with Crippen molar-refractivity contribution in [2.75, 3.05) is 0 Å². The van der Waals surface area contributed by atoms with Crippen LogP contribution in [0.2, 0.25) is 0 Å². The van der Waals surface area contributed by atoms with Crippen LogP contribution in [0.1, 0.15) is 25.0 Å². The van der Waals surface area contributed by atoms with Crippen molar-refractivity contribution in [3.63, 3.8) is 0 Å². The van der Waals surface area contributed by atoms with Crippen molar-refractivity contribution in [2.45, 2.75) is 19.3 Å². The van der Waals surface area contributed by atoms with E-state index >= 15 is 0 Å². The smallest absolute Gasteiger partial charge is 0.178 e. The Morgan fingerprint density at radius 3 is 2.02 bits per heavy atom. The molecule has 4 heteroatoms. The van der Waals surface area contributed by atoms with Gasteiger partial charge in [0.2, 0.25) is 0 Å². The third-order valence-corrected chi connectivity index (χ3v) is 9.42. The molecule has 7 aromatic rings. The SMILES string of the molecule is CC1(C)c2ccccc2-c2c1ccc1c2Oc2c(cccc2-c2ccc(-c3cc(-c4ccccc4)cc(-c4ccccn4)n3)cc2)O1. The maximum atomic E-state index is 6.86. The van der Waals surface area contributed by atoms with Gasteiger partial charge in [0, 0.05) is 28.3 Å². The molecule has 0 atom stereocenters. The summed E-state index contributed by atoms with van der Waals surface area (Å²) >= 11 is 0. The van der Waals surface area contributed by atoms with Gasteiger partial charge in [-0.2, -0.15) is 0 Å². The van der Waals surface area contributed by atoms with Gasteiger partial charge in [0.1, 0.15) is 0 Å². The molecule has 0 spiro atoms. The highest BCUT2D eigenvalue weighted by Gasteiger charge is 2.39. The number of rotatable bonds is 4. The first-order valence-electron chi connectivity index (χ1n) is 15.9. The summed E-state index contributed by atoms with van der Waals surface area (Å²) in [7, 11) is 0. The van der Waals surface area contributed by atoms with E-state index in [-0.39, 0.29) is 5.41 Å². The van der Waals surface area contributed by atoms with E-state index in [1.165, 1.54) is 16.7 Å². The molecule has 0 bridgehead atoms. The molecule has 1 aliphatic carbocycles. The predicted molar refractivity (Wildman–Crippen MR) is 188 cm³/mol. The second-order valence-electron chi connectivity index (χ2n) is 12.6. The zero-order chi connectivity index (χ0) is 31.5. The van der Waals surface area contributed by atoms with E-state index in [2.05, 4.69) is 116 Å². The summed E-state index contributed by atoms with van der Waals surface area (Å²) < 4.78 is 13.4. The lowest BCUT2D eigenvalue weighted by Gasteiger charge is -2.26. The van der Waals surface area contributed by atoms with Gasteiger partial charge in [-0.05, 0) is 69.8 Å². The number of fused-ring (bicyclic) bond motifs is 6. The predicted octanol–water partition coefficient (Wildman–Crippen LogP) is 11.3. The molecule has 0 saturated heterocycles. The van der Waals surface area contributed by atoms with Gasteiger partial charge in [-0.15, -0.1) is 0 Å². The monoisotopic (exact) mass is 606 g/mol. The second kappa shape index (κ2) is 10.5. The van der Waals surface area contributed by atoms with Crippen molar-refractivity contribution in [1.29, 1.82) is 0 Å². The molecule has 0 fully saturated rings. The fourth-order valence-electron chi connectivity index (χ4n) is 7.02. The van der Waals surface area contributed by atoms with E-state index in [0.717, 1.165) is 67.7 Å². The molecule has 2 aliphatic rings. The van der Waals surface area contributed by atoms with E-state index in [4.69, 9.17) is 14.5 Å². The number of benzene rings is 5. The first kappa shape index (κ1) is 27.3. The van der Waals surface area contributed by atoms with Crippen molar-refractivity contribution in [3.8, 4) is 79.0 Å². The highest BCUT2D eigenvalue weighted by atomic mass is 16.6. The number of para-hydroxylation sites is 1. The summed E-state index contributed by atoms with van der Waals surface area (Å²) in [5, 5.41) is 0. The number of hydrogen-bond acceptors (Lipinski definition) is 4. The summed E-state index contributed by atoms with van der Waals surface area (Å²) in [4.78, 5) is 9.64. The minimum atomic E-state index is -0.123. The van der Waals surface area contributed by atoms with Crippen molar-refractivity contribution in [2.24, 2.45) is 0 Å². The Balaban J connectivity index is 1.11. The van der Waals surface area contributed by atoms with Crippen molar-refractivity contribution in [1.82, 2.24) is 9.97 Å². The summed E-state index contributed by atoms with van der Waals surface area (Å²) in [6.45, 7) is 4.55. The van der Waals surface area contributed by atoms with Gasteiger partial charge >= 0.3 is 0 Å². The van der Waals surface area contributed by atoms with Gasteiger partial charge < -0.3 is 9.47 Å². The van der Waals surface area contributed by atoms with Crippen LogP contribution in [-0.4, -0.2) is 9.97 Å². The maximum absolute atomic E-state index is 6.86. The number of pyridine rings is 2. The molecule has 1 aliphatic heterocycles. The van der Waals surface area contributed by atoms with Gasteiger partial charge in [-0.25, -0.2) is 4.98 Å². The summed E-state index contributed by atoms with van der Waals surface area (Å²) in [6.07, 6.45) is 1.80. The molecule has 47 heavy (non-hydrogen) atoms. The van der Waals surface area contributed by atoms with E-state index in [9.17, 15) is 0 Å². The van der Waals surface area contributed by atoms with Crippen LogP contribution in [0.15, 0.2) is 146 Å². The van der Waals surface area contributed by atoms with Crippen LogP contribution in [0.3, 0.4) is 0 Å². The van der Waals surface area contributed by atoms with E-state index < -0.39 is 0 Å². The zero-order valence-electron chi connectivity index (χ0n) is 26.1. The lowest BCUT2D eigenvalue weighted by atomic mass is 9.82. The Labute approximate surface area is 274 Å². The molecule has 0 amide bonds. The van der Waals surface area contributed by atoms with Gasteiger partial charge in [-0.3, -0.25) is 4.98 Å². The van der Waals surface area contributed by atoms with Gasteiger partial charge in [0.25, 0.3) is 0 Å². The minimum absolute atomic E-state index is 0.123. The maximum Gasteiger partial charge on any atom is 0.178 e. The number of nitrogens with zero attached hydrogens (tertiary/aromatic N) is 2. The normalized spacial score (nSPS) is 13.4. The Hall–Kier alpha value is -6.00. The Morgan fingerprint density at radius 2 is 1.19 bits per heavy atom. The first-order chi connectivity index (χ1) is 23.0. The number of ether oxygens (including phenoxy) is 2. The summed E-state index contributed by atoms with van der Waals surface area (Å²) in [5.41, 5.74) is 12.6. The summed E-state index contributed by atoms with van der Waals surface area (Å²) in [6, 6.07) is 48.0. The zero-order valence-corrected chi connectivity index (χ0v) is 26.1. The summed E-state index contributed by atoms with van der Waals surface area (Å²) in [5.74, 6) is 2.96. The molecule has 0 saturated carbocycles. The second-order valence-corrected chi connectivity index (χ2v) is 12.6. The van der Waals surface area contributed by atoms with Crippen LogP contribution < -0.4 is 9.47 Å². The van der Waals surface area contributed by atoms with Gasteiger partial charge in [0.05, 0.1) is 17.1 Å². The number of aromatic nitrogens is 2. The Morgan fingerprint density at radius 1 is 0.468 bits per heavy atom. The van der Waals surface area contributed by atoms with E-state index in [1.807, 2.05) is 42.5 Å². The van der Waals surface area contributed by atoms with Crippen molar-refractivity contribution < 1.29 is 9.47 Å². The molecule has 224 valence electrons. The van der Waals surface area contributed by atoms with Crippen LogP contribution in [0.4, 0.5) is 0 Å². The third kappa shape index (κ3) is 4.44. The lowest BCUT2D eigenvalue weighted by molar-refractivity contribution is 0.361. The molecule has 0 unspecified atom stereocenters. The Bertz CT molecular complexity index is 2250. The molecule has 4 nitrogen and oxygen atoms in total. The van der Waals surface area contributed by atoms with Crippen LogP contribution in [0.5, 0.6) is 23.0 Å². The lowest BCUT2D eigenvalue weighted by Crippen LogP contribution is -2.15. The van der Waals surface area contributed by atoms with Gasteiger partial charge in [0.15, 0.2) is 23.0 Å². The highest BCUT2D eigenvalue weighted by Crippen LogP contribution is 2.59. The minimum Gasteiger partial charge on any atom is -0.449 e. The third-order valence-electron chi connectivity index (χ3n) is 9.42. The standard InChI is InChI=1S/C43H30N2O2/c1-43(2)33-15-7-6-13-32(33)40-34(43)22-23-39-42(40)47-41-31(14-10-17-38(41)46-39)28-18-20-29(21-19-28)36-25-30(27-11-4-3-5-12-27)26-37(45-36)35-16-8-9-24-44-35/h3-26H,1-2H3. The highest BCUT2D eigenvalue weighted by molar-refractivity contribution is 5.89. The molecule has 0 radical (unpaired) electrons. The molecular formula is C43H30N2O2. The quantitative estimate of drug-likeness (QED) is 0.200. The van der Waals surface area contributed by atoms with Crippen LogP contribution in [0, 0.1) is 0 Å². The molecule has 2 aromatic heterocycles. The molecule has 3 heterocycles. The fourth-order valence-corrected chi connectivity index (χ4v) is 7.02. The average Bonchev–Trinajstić information content (AvgIpc) is 3.37. The van der Waals surface area contributed by atoms with E-state index in [1.54, 1.807) is 6.20 Å². The Kier molecular flexibility index (Phi) is 6.12. The molecule has 0 N–H and O–H groups in total. The van der Waals surface area contributed by atoms with Crippen molar-refractivity contribution in [3.05, 3.63) is 157 Å². The van der Waals surface area contributed by atoms with Crippen molar-refractivity contribution >= 4 is 0 Å². The first-order valence-corrected chi connectivity index (χ1v) is 15.9. The number of hydrogen-bond donors (Lipinski definition) is 0. The fraction of sp³-hybridized carbons (Fsp3) is 0.0698. The molecular weight excluding hydrogens is 576 g/mol.